The first-order valence-electron chi connectivity index (χ1n) is 5.38. The van der Waals surface area contributed by atoms with Crippen molar-refractivity contribution in [2.24, 2.45) is 5.73 Å². The fourth-order valence-corrected chi connectivity index (χ4v) is 2.27. The number of hydrogen-bond donors (Lipinski definition) is 1. The molecule has 2 N–H and O–H groups in total. The highest BCUT2D eigenvalue weighted by molar-refractivity contribution is 7.07. The normalized spacial score (nSPS) is 10.6. The molecule has 0 saturated carbocycles. The molecule has 0 saturated heterocycles. The van der Waals surface area contributed by atoms with Crippen LogP contribution >= 0.6 is 11.5 Å². The van der Waals surface area contributed by atoms with Gasteiger partial charge in [0.2, 0.25) is 0 Å². The Morgan fingerprint density at radius 3 is 2.35 bits per heavy atom. The van der Waals surface area contributed by atoms with Crippen LogP contribution in [-0.4, -0.2) is 9.36 Å². The molecule has 4 nitrogen and oxygen atoms in total. The molecule has 0 aliphatic carbocycles. The summed E-state index contributed by atoms with van der Waals surface area (Å²) < 4.78 is 9.86. The van der Waals surface area contributed by atoms with E-state index in [1.807, 2.05) is 32.9 Å². The Kier molecular flexibility index (Phi) is 3.40. The second kappa shape index (κ2) is 4.81. The summed E-state index contributed by atoms with van der Waals surface area (Å²) in [6, 6.07) is 4.08. The summed E-state index contributed by atoms with van der Waals surface area (Å²) in [6.45, 7) is 6.41. The van der Waals surface area contributed by atoms with Crippen molar-refractivity contribution in [3.8, 4) is 10.9 Å². The first-order valence-corrected chi connectivity index (χ1v) is 6.16. The third-order valence-electron chi connectivity index (χ3n) is 2.45. The van der Waals surface area contributed by atoms with E-state index in [-0.39, 0.29) is 0 Å². The maximum absolute atomic E-state index is 5.76. The highest BCUT2D eigenvalue weighted by Gasteiger charge is 2.09. The second-order valence-corrected chi connectivity index (χ2v) is 4.69. The van der Waals surface area contributed by atoms with Gasteiger partial charge in [0.1, 0.15) is 11.6 Å². The Labute approximate surface area is 105 Å². The van der Waals surface area contributed by atoms with Gasteiger partial charge >= 0.3 is 0 Å². The van der Waals surface area contributed by atoms with Crippen LogP contribution in [0.1, 0.15) is 22.5 Å². The lowest BCUT2D eigenvalue weighted by molar-refractivity contribution is 0.470. The van der Waals surface area contributed by atoms with E-state index in [1.165, 1.54) is 11.5 Å². The first-order chi connectivity index (χ1) is 8.10. The fraction of sp³-hybridized carbons (Fsp3) is 0.333. The van der Waals surface area contributed by atoms with Gasteiger partial charge in [-0.05, 0) is 37.5 Å². The highest BCUT2D eigenvalue weighted by atomic mass is 32.1. The molecule has 2 rings (SSSR count). The molecule has 5 heteroatoms. The van der Waals surface area contributed by atoms with E-state index < -0.39 is 0 Å². The lowest BCUT2D eigenvalue weighted by Gasteiger charge is -2.10. The number of benzene rings is 1. The molecular weight excluding hydrogens is 234 g/mol. The highest BCUT2D eigenvalue weighted by Crippen LogP contribution is 2.30. The summed E-state index contributed by atoms with van der Waals surface area (Å²) in [7, 11) is 0. The lowest BCUT2D eigenvalue weighted by atomic mass is 10.1. The topological polar surface area (TPSA) is 61.0 Å². The number of aryl methyl sites for hydroxylation is 3. The molecule has 0 aliphatic rings. The molecule has 1 aromatic carbocycles. The fourth-order valence-electron chi connectivity index (χ4n) is 1.73. The smallest absolute Gasteiger partial charge is 0.298 e. The summed E-state index contributed by atoms with van der Waals surface area (Å²) in [5.74, 6) is 1.58. The van der Waals surface area contributed by atoms with E-state index in [2.05, 4.69) is 9.36 Å². The van der Waals surface area contributed by atoms with Gasteiger partial charge in [-0.3, -0.25) is 0 Å². The van der Waals surface area contributed by atoms with E-state index in [0.717, 1.165) is 28.3 Å². The molecule has 90 valence electrons. The predicted octanol–water partition coefficient (Wildman–Crippen LogP) is 2.71. The van der Waals surface area contributed by atoms with Crippen molar-refractivity contribution in [1.82, 2.24) is 9.36 Å². The SMILES string of the molecule is Cc1nsc(Oc2c(C)cc(CN)cc2C)n1. The van der Waals surface area contributed by atoms with Crippen molar-refractivity contribution in [2.45, 2.75) is 27.3 Å². The molecule has 0 spiro atoms. The quantitative estimate of drug-likeness (QED) is 0.908. The first kappa shape index (κ1) is 12.0. The third-order valence-corrected chi connectivity index (χ3v) is 3.14. The van der Waals surface area contributed by atoms with Gasteiger partial charge in [-0.25, -0.2) is 0 Å². The van der Waals surface area contributed by atoms with Gasteiger partial charge in [-0.2, -0.15) is 9.36 Å². The van der Waals surface area contributed by atoms with Gasteiger partial charge in [-0.15, -0.1) is 0 Å². The largest absolute Gasteiger partial charge is 0.429 e. The monoisotopic (exact) mass is 249 g/mol. The Hall–Kier alpha value is -1.46. The predicted molar refractivity (Wildman–Crippen MR) is 68.5 cm³/mol. The van der Waals surface area contributed by atoms with E-state index in [0.29, 0.717) is 11.7 Å². The zero-order chi connectivity index (χ0) is 12.4. The van der Waals surface area contributed by atoms with Gasteiger partial charge in [-0.1, -0.05) is 12.1 Å². The number of nitrogens with two attached hydrogens (primary N) is 1. The van der Waals surface area contributed by atoms with Gasteiger partial charge in [0.15, 0.2) is 0 Å². The van der Waals surface area contributed by atoms with Crippen molar-refractivity contribution in [3.05, 3.63) is 34.6 Å². The number of hydrogen-bond acceptors (Lipinski definition) is 5. The Morgan fingerprint density at radius 2 is 1.88 bits per heavy atom. The van der Waals surface area contributed by atoms with Crippen molar-refractivity contribution in [1.29, 1.82) is 0 Å². The van der Waals surface area contributed by atoms with Gasteiger partial charge in [0.05, 0.1) is 0 Å². The van der Waals surface area contributed by atoms with E-state index in [1.54, 1.807) is 0 Å². The van der Waals surface area contributed by atoms with Crippen LogP contribution in [0.15, 0.2) is 12.1 Å². The minimum Gasteiger partial charge on any atom is -0.429 e. The Bertz CT molecular complexity index is 513. The van der Waals surface area contributed by atoms with E-state index in [4.69, 9.17) is 10.5 Å². The summed E-state index contributed by atoms with van der Waals surface area (Å²) in [5, 5.41) is 0.578. The molecule has 1 heterocycles. The number of nitrogens with zero attached hydrogens (tertiary/aromatic N) is 2. The molecule has 0 atom stereocenters. The maximum atomic E-state index is 5.76. The van der Waals surface area contributed by atoms with Gasteiger partial charge < -0.3 is 10.5 Å². The molecule has 0 bridgehead atoms. The summed E-state index contributed by atoms with van der Waals surface area (Å²) in [6.07, 6.45) is 0. The van der Waals surface area contributed by atoms with Crippen LogP contribution in [-0.2, 0) is 6.54 Å². The zero-order valence-corrected chi connectivity index (χ0v) is 11.0. The van der Waals surface area contributed by atoms with Gasteiger partial charge in [0.25, 0.3) is 5.19 Å². The minimum absolute atomic E-state index is 0.542. The van der Waals surface area contributed by atoms with Crippen LogP contribution in [0, 0.1) is 20.8 Å². The van der Waals surface area contributed by atoms with Crippen molar-refractivity contribution in [3.63, 3.8) is 0 Å². The van der Waals surface area contributed by atoms with Crippen LogP contribution in [0.3, 0.4) is 0 Å². The average Bonchev–Trinajstić information content (AvgIpc) is 2.69. The van der Waals surface area contributed by atoms with Crippen molar-refractivity contribution in [2.75, 3.05) is 0 Å². The van der Waals surface area contributed by atoms with E-state index in [9.17, 15) is 0 Å². The second-order valence-electron chi connectivity index (χ2n) is 3.97. The van der Waals surface area contributed by atoms with Crippen LogP contribution < -0.4 is 10.5 Å². The summed E-state index contributed by atoms with van der Waals surface area (Å²) >= 11 is 1.26. The van der Waals surface area contributed by atoms with Crippen LogP contribution in [0.25, 0.3) is 0 Å². The number of aromatic nitrogens is 2. The molecular formula is C12H15N3OS. The molecule has 0 amide bonds. The van der Waals surface area contributed by atoms with Crippen molar-refractivity contribution >= 4 is 11.5 Å². The van der Waals surface area contributed by atoms with E-state index >= 15 is 0 Å². The lowest BCUT2D eigenvalue weighted by Crippen LogP contribution is -1.99. The molecule has 0 aliphatic heterocycles. The standard InChI is InChI=1S/C12H15N3OS/c1-7-4-10(6-13)5-8(2)11(7)16-12-14-9(3)15-17-12/h4-5H,6,13H2,1-3H3. The number of rotatable bonds is 3. The molecule has 0 radical (unpaired) electrons. The summed E-state index contributed by atoms with van der Waals surface area (Å²) in [5.41, 5.74) is 8.88. The van der Waals surface area contributed by atoms with Crippen LogP contribution in [0.4, 0.5) is 0 Å². The van der Waals surface area contributed by atoms with Crippen molar-refractivity contribution < 1.29 is 4.74 Å². The number of ether oxygens (including phenoxy) is 1. The average molecular weight is 249 g/mol. The Morgan fingerprint density at radius 1 is 1.24 bits per heavy atom. The zero-order valence-electron chi connectivity index (χ0n) is 10.2. The van der Waals surface area contributed by atoms with Gasteiger partial charge in [0, 0.05) is 18.1 Å². The maximum Gasteiger partial charge on any atom is 0.298 e. The van der Waals surface area contributed by atoms with Crippen LogP contribution in [0.2, 0.25) is 0 Å². The summed E-state index contributed by atoms with van der Waals surface area (Å²) in [4.78, 5) is 4.19. The molecule has 2 aromatic rings. The molecule has 1 aromatic heterocycles. The van der Waals surface area contributed by atoms with Crippen LogP contribution in [0.5, 0.6) is 10.9 Å². The molecule has 0 fully saturated rings. The minimum atomic E-state index is 0.542. The Balaban J connectivity index is 2.33. The molecule has 0 unspecified atom stereocenters. The molecule has 17 heavy (non-hydrogen) atoms. The third kappa shape index (κ3) is 2.62.